The van der Waals surface area contributed by atoms with Crippen LogP contribution in [0.4, 0.5) is 0 Å². The van der Waals surface area contributed by atoms with Gasteiger partial charge in [0.2, 0.25) is 0 Å². The van der Waals surface area contributed by atoms with Crippen molar-refractivity contribution in [3.8, 4) is 0 Å². The van der Waals surface area contributed by atoms with Gasteiger partial charge in [-0.25, -0.2) is 0 Å². The van der Waals surface area contributed by atoms with Gasteiger partial charge in [-0.2, -0.15) is 0 Å². The fourth-order valence-corrected chi connectivity index (χ4v) is 2.51. The first kappa shape index (κ1) is 12.6. The number of hydrogen-bond acceptors (Lipinski definition) is 2. The maximum atomic E-state index is 3.50. The molecule has 1 aromatic carbocycles. The van der Waals surface area contributed by atoms with Gasteiger partial charge in [0.1, 0.15) is 0 Å². The SMILES string of the molecule is CC(C)c1ccc(C2(C)CNCCN2C)cc1. The molecule has 2 heteroatoms. The normalized spacial score (nSPS) is 26.4. The molecule has 0 bridgehead atoms. The Bertz CT molecular complexity index is 369. The second-order valence-corrected chi connectivity index (χ2v) is 5.65. The molecule has 1 aliphatic rings. The van der Waals surface area contributed by atoms with Gasteiger partial charge in [-0.15, -0.1) is 0 Å². The van der Waals surface area contributed by atoms with Crippen molar-refractivity contribution in [3.63, 3.8) is 0 Å². The van der Waals surface area contributed by atoms with Crippen LogP contribution < -0.4 is 5.32 Å². The molecule has 0 spiro atoms. The summed E-state index contributed by atoms with van der Waals surface area (Å²) in [4.78, 5) is 2.45. The summed E-state index contributed by atoms with van der Waals surface area (Å²) in [5.41, 5.74) is 2.97. The van der Waals surface area contributed by atoms with Crippen LogP contribution in [0.2, 0.25) is 0 Å². The van der Waals surface area contributed by atoms with Gasteiger partial charge in [-0.1, -0.05) is 38.1 Å². The largest absolute Gasteiger partial charge is 0.313 e. The first-order chi connectivity index (χ1) is 8.04. The van der Waals surface area contributed by atoms with E-state index in [9.17, 15) is 0 Å². The fraction of sp³-hybridized carbons (Fsp3) is 0.600. The van der Waals surface area contributed by atoms with E-state index < -0.39 is 0 Å². The predicted octanol–water partition coefficient (Wildman–Crippen LogP) is 2.56. The minimum absolute atomic E-state index is 0.133. The minimum atomic E-state index is 0.133. The Morgan fingerprint density at radius 1 is 1.24 bits per heavy atom. The topological polar surface area (TPSA) is 15.3 Å². The molecule has 1 aliphatic heterocycles. The molecule has 94 valence electrons. The number of nitrogens with one attached hydrogen (secondary N) is 1. The highest BCUT2D eigenvalue weighted by atomic mass is 15.2. The molecule has 0 aromatic heterocycles. The number of rotatable bonds is 2. The van der Waals surface area contributed by atoms with E-state index in [0.29, 0.717) is 5.92 Å². The van der Waals surface area contributed by atoms with E-state index >= 15 is 0 Å². The lowest BCUT2D eigenvalue weighted by Crippen LogP contribution is -2.55. The van der Waals surface area contributed by atoms with E-state index in [1.54, 1.807) is 0 Å². The molecular weight excluding hydrogens is 208 g/mol. The molecule has 2 nitrogen and oxygen atoms in total. The van der Waals surface area contributed by atoms with Crippen molar-refractivity contribution in [1.82, 2.24) is 10.2 Å². The molecule has 2 rings (SSSR count). The number of likely N-dealkylation sites (N-methyl/N-ethyl adjacent to an activating group) is 1. The Balaban J connectivity index is 2.26. The van der Waals surface area contributed by atoms with Crippen molar-refractivity contribution in [2.24, 2.45) is 0 Å². The van der Waals surface area contributed by atoms with Crippen LogP contribution in [0.25, 0.3) is 0 Å². The molecule has 1 fully saturated rings. The lowest BCUT2D eigenvalue weighted by atomic mass is 9.87. The van der Waals surface area contributed by atoms with Crippen molar-refractivity contribution in [3.05, 3.63) is 35.4 Å². The summed E-state index contributed by atoms with van der Waals surface area (Å²) in [5, 5.41) is 3.50. The van der Waals surface area contributed by atoms with E-state index in [2.05, 4.69) is 62.3 Å². The smallest absolute Gasteiger partial charge is 0.0555 e. The van der Waals surface area contributed by atoms with Crippen LogP contribution >= 0.6 is 0 Å². The van der Waals surface area contributed by atoms with Gasteiger partial charge in [0.15, 0.2) is 0 Å². The predicted molar refractivity (Wildman–Crippen MR) is 73.4 cm³/mol. The van der Waals surface area contributed by atoms with Crippen molar-refractivity contribution in [2.45, 2.75) is 32.2 Å². The van der Waals surface area contributed by atoms with E-state index in [0.717, 1.165) is 19.6 Å². The van der Waals surface area contributed by atoms with Crippen LogP contribution in [0.5, 0.6) is 0 Å². The summed E-state index contributed by atoms with van der Waals surface area (Å²) in [7, 11) is 2.22. The van der Waals surface area contributed by atoms with Gasteiger partial charge in [-0.05, 0) is 31.0 Å². The zero-order chi connectivity index (χ0) is 12.5. The van der Waals surface area contributed by atoms with Gasteiger partial charge in [0.05, 0.1) is 5.54 Å². The summed E-state index contributed by atoms with van der Waals surface area (Å²) in [6.07, 6.45) is 0. The molecule has 1 saturated heterocycles. The summed E-state index contributed by atoms with van der Waals surface area (Å²) in [5.74, 6) is 0.610. The molecule has 1 aromatic rings. The zero-order valence-corrected chi connectivity index (χ0v) is 11.5. The maximum absolute atomic E-state index is 3.50. The standard InChI is InChI=1S/C15H24N2/c1-12(2)13-5-7-14(8-6-13)15(3)11-16-9-10-17(15)4/h5-8,12,16H,9-11H2,1-4H3. The molecule has 17 heavy (non-hydrogen) atoms. The van der Waals surface area contributed by atoms with Crippen LogP contribution in [0.15, 0.2) is 24.3 Å². The monoisotopic (exact) mass is 232 g/mol. The second-order valence-electron chi connectivity index (χ2n) is 5.65. The van der Waals surface area contributed by atoms with Crippen LogP contribution in [0.3, 0.4) is 0 Å². The zero-order valence-electron chi connectivity index (χ0n) is 11.5. The molecule has 1 heterocycles. The molecule has 1 atom stereocenters. The van der Waals surface area contributed by atoms with Crippen LogP contribution in [-0.2, 0) is 5.54 Å². The summed E-state index contributed by atoms with van der Waals surface area (Å²) in [6, 6.07) is 9.12. The highest BCUT2D eigenvalue weighted by Crippen LogP contribution is 2.29. The summed E-state index contributed by atoms with van der Waals surface area (Å²) >= 11 is 0. The lowest BCUT2D eigenvalue weighted by molar-refractivity contribution is 0.104. The van der Waals surface area contributed by atoms with Crippen molar-refractivity contribution in [2.75, 3.05) is 26.7 Å². The molecular formula is C15H24N2. The Labute approximate surface area is 105 Å². The van der Waals surface area contributed by atoms with Gasteiger partial charge >= 0.3 is 0 Å². The molecule has 1 N–H and O–H groups in total. The highest BCUT2D eigenvalue weighted by Gasteiger charge is 2.33. The Morgan fingerprint density at radius 3 is 2.41 bits per heavy atom. The molecule has 0 aliphatic carbocycles. The Kier molecular flexibility index (Phi) is 3.55. The van der Waals surface area contributed by atoms with Gasteiger partial charge in [-0.3, -0.25) is 4.90 Å². The van der Waals surface area contributed by atoms with E-state index in [1.807, 2.05) is 0 Å². The Morgan fingerprint density at radius 2 is 1.88 bits per heavy atom. The van der Waals surface area contributed by atoms with Gasteiger partial charge in [0.25, 0.3) is 0 Å². The number of benzene rings is 1. The van der Waals surface area contributed by atoms with E-state index in [1.165, 1.54) is 11.1 Å². The highest BCUT2D eigenvalue weighted by molar-refractivity contribution is 5.30. The third kappa shape index (κ3) is 2.38. The average Bonchev–Trinajstić information content (AvgIpc) is 2.33. The van der Waals surface area contributed by atoms with Gasteiger partial charge < -0.3 is 5.32 Å². The third-order valence-electron chi connectivity index (χ3n) is 4.13. The fourth-order valence-electron chi connectivity index (χ4n) is 2.51. The third-order valence-corrected chi connectivity index (χ3v) is 4.13. The summed E-state index contributed by atoms with van der Waals surface area (Å²) in [6.45, 7) is 10.0. The van der Waals surface area contributed by atoms with Gasteiger partial charge in [0, 0.05) is 19.6 Å². The van der Waals surface area contributed by atoms with E-state index in [4.69, 9.17) is 0 Å². The van der Waals surface area contributed by atoms with Crippen LogP contribution in [0, 0.1) is 0 Å². The first-order valence-corrected chi connectivity index (χ1v) is 6.56. The van der Waals surface area contributed by atoms with Crippen LogP contribution in [0.1, 0.15) is 37.8 Å². The second kappa shape index (κ2) is 4.79. The molecule has 0 saturated carbocycles. The average molecular weight is 232 g/mol. The minimum Gasteiger partial charge on any atom is -0.313 e. The molecule has 1 unspecified atom stereocenters. The van der Waals surface area contributed by atoms with Crippen molar-refractivity contribution in [1.29, 1.82) is 0 Å². The van der Waals surface area contributed by atoms with Crippen LogP contribution in [-0.4, -0.2) is 31.6 Å². The number of hydrogen-bond donors (Lipinski definition) is 1. The number of piperazine rings is 1. The number of nitrogens with zero attached hydrogens (tertiary/aromatic N) is 1. The van der Waals surface area contributed by atoms with E-state index in [-0.39, 0.29) is 5.54 Å². The first-order valence-electron chi connectivity index (χ1n) is 6.56. The van der Waals surface area contributed by atoms with Crippen molar-refractivity contribution >= 4 is 0 Å². The van der Waals surface area contributed by atoms with Crippen molar-refractivity contribution < 1.29 is 0 Å². The quantitative estimate of drug-likeness (QED) is 0.843. The maximum Gasteiger partial charge on any atom is 0.0555 e. The Hall–Kier alpha value is -0.860. The molecule has 0 amide bonds. The molecule has 0 radical (unpaired) electrons. The lowest BCUT2D eigenvalue weighted by Gasteiger charge is -2.43. The summed E-state index contributed by atoms with van der Waals surface area (Å²) < 4.78 is 0.